The van der Waals surface area contributed by atoms with E-state index in [1.807, 2.05) is 0 Å². The SMILES string of the molecule is CCOC(=O)NCCNC(=O)NC1CCN(c2ncccn2)CC1. The predicted molar refractivity (Wildman–Crippen MR) is 88.8 cm³/mol. The van der Waals surface area contributed by atoms with E-state index >= 15 is 0 Å². The molecule has 1 aromatic rings. The highest BCUT2D eigenvalue weighted by atomic mass is 16.5. The van der Waals surface area contributed by atoms with E-state index in [0.29, 0.717) is 19.7 Å². The van der Waals surface area contributed by atoms with Crippen LogP contribution in [-0.4, -0.2) is 60.9 Å². The molecular weight excluding hydrogens is 312 g/mol. The van der Waals surface area contributed by atoms with Crippen LogP contribution in [0.2, 0.25) is 0 Å². The smallest absolute Gasteiger partial charge is 0.407 e. The van der Waals surface area contributed by atoms with Crippen molar-refractivity contribution in [3.8, 4) is 0 Å². The minimum Gasteiger partial charge on any atom is -0.450 e. The van der Waals surface area contributed by atoms with Crippen molar-refractivity contribution >= 4 is 18.1 Å². The number of carbonyl (C=O) groups excluding carboxylic acids is 2. The molecule has 9 heteroatoms. The molecule has 1 fully saturated rings. The molecule has 0 spiro atoms. The number of aromatic nitrogens is 2. The summed E-state index contributed by atoms with van der Waals surface area (Å²) in [5.74, 6) is 0.727. The van der Waals surface area contributed by atoms with Gasteiger partial charge >= 0.3 is 12.1 Å². The molecule has 1 aliphatic rings. The Labute approximate surface area is 141 Å². The summed E-state index contributed by atoms with van der Waals surface area (Å²) in [4.78, 5) is 33.5. The second-order valence-corrected chi connectivity index (χ2v) is 5.36. The van der Waals surface area contributed by atoms with Crippen molar-refractivity contribution in [2.75, 3.05) is 37.7 Å². The molecule has 2 heterocycles. The second kappa shape index (κ2) is 9.53. The number of carbonyl (C=O) groups is 2. The summed E-state index contributed by atoms with van der Waals surface area (Å²) in [5.41, 5.74) is 0. The zero-order chi connectivity index (χ0) is 17.2. The van der Waals surface area contributed by atoms with E-state index in [0.717, 1.165) is 31.9 Å². The molecule has 0 unspecified atom stereocenters. The third-order valence-electron chi connectivity index (χ3n) is 3.62. The normalized spacial score (nSPS) is 14.8. The molecule has 3 amide bonds. The van der Waals surface area contributed by atoms with Gasteiger partial charge in [-0.05, 0) is 25.8 Å². The minimum atomic E-state index is -0.477. The van der Waals surface area contributed by atoms with Gasteiger partial charge in [0.2, 0.25) is 5.95 Å². The molecule has 0 atom stereocenters. The molecule has 0 saturated carbocycles. The van der Waals surface area contributed by atoms with Gasteiger partial charge in [-0.25, -0.2) is 19.6 Å². The Morgan fingerprint density at radius 1 is 1.21 bits per heavy atom. The maximum absolute atomic E-state index is 11.8. The van der Waals surface area contributed by atoms with Crippen LogP contribution in [-0.2, 0) is 4.74 Å². The summed E-state index contributed by atoms with van der Waals surface area (Å²) in [7, 11) is 0. The highest BCUT2D eigenvalue weighted by Crippen LogP contribution is 2.15. The average Bonchev–Trinajstić information content (AvgIpc) is 2.60. The van der Waals surface area contributed by atoms with Crippen molar-refractivity contribution in [1.82, 2.24) is 25.9 Å². The molecule has 3 N–H and O–H groups in total. The molecule has 1 saturated heterocycles. The highest BCUT2D eigenvalue weighted by molar-refractivity contribution is 5.74. The lowest BCUT2D eigenvalue weighted by atomic mass is 10.1. The van der Waals surface area contributed by atoms with E-state index in [2.05, 4.69) is 30.8 Å². The molecule has 132 valence electrons. The van der Waals surface area contributed by atoms with Crippen LogP contribution in [0.4, 0.5) is 15.5 Å². The molecule has 0 aliphatic carbocycles. The molecule has 9 nitrogen and oxygen atoms in total. The predicted octanol–water partition coefficient (Wildman–Crippen LogP) is 0.491. The summed E-state index contributed by atoms with van der Waals surface area (Å²) < 4.78 is 4.72. The van der Waals surface area contributed by atoms with Gasteiger partial charge < -0.3 is 25.6 Å². The maximum Gasteiger partial charge on any atom is 0.407 e. The second-order valence-electron chi connectivity index (χ2n) is 5.36. The van der Waals surface area contributed by atoms with Crippen LogP contribution in [0.25, 0.3) is 0 Å². The zero-order valence-electron chi connectivity index (χ0n) is 13.8. The van der Waals surface area contributed by atoms with Crippen molar-refractivity contribution in [3.05, 3.63) is 18.5 Å². The van der Waals surface area contributed by atoms with Gasteiger partial charge in [-0.3, -0.25) is 0 Å². The van der Waals surface area contributed by atoms with Gasteiger partial charge in [0.25, 0.3) is 0 Å². The molecule has 24 heavy (non-hydrogen) atoms. The van der Waals surface area contributed by atoms with E-state index in [1.165, 1.54) is 0 Å². The molecule has 0 radical (unpaired) electrons. The first-order valence-corrected chi connectivity index (χ1v) is 8.16. The highest BCUT2D eigenvalue weighted by Gasteiger charge is 2.21. The largest absolute Gasteiger partial charge is 0.450 e. The van der Waals surface area contributed by atoms with Gasteiger partial charge in [0.1, 0.15) is 0 Å². The van der Waals surface area contributed by atoms with E-state index in [9.17, 15) is 9.59 Å². The lowest BCUT2D eigenvalue weighted by Gasteiger charge is -2.32. The number of hydrogen-bond donors (Lipinski definition) is 3. The van der Waals surface area contributed by atoms with Crippen molar-refractivity contribution in [3.63, 3.8) is 0 Å². The van der Waals surface area contributed by atoms with Crippen molar-refractivity contribution in [2.45, 2.75) is 25.8 Å². The topological polar surface area (TPSA) is 108 Å². The van der Waals surface area contributed by atoms with E-state index in [1.54, 1.807) is 25.4 Å². The fourth-order valence-electron chi connectivity index (χ4n) is 2.44. The fourth-order valence-corrected chi connectivity index (χ4v) is 2.44. The van der Waals surface area contributed by atoms with Crippen LogP contribution in [0.3, 0.4) is 0 Å². The van der Waals surface area contributed by atoms with Gasteiger partial charge in [0.15, 0.2) is 0 Å². The zero-order valence-corrected chi connectivity index (χ0v) is 13.8. The lowest BCUT2D eigenvalue weighted by Crippen LogP contribution is -2.49. The quantitative estimate of drug-likeness (QED) is 0.653. The van der Waals surface area contributed by atoms with Gasteiger partial charge in [-0.2, -0.15) is 0 Å². The first-order chi connectivity index (χ1) is 11.7. The Balaban J connectivity index is 1.59. The van der Waals surface area contributed by atoms with Crippen molar-refractivity contribution in [2.24, 2.45) is 0 Å². The lowest BCUT2D eigenvalue weighted by molar-refractivity contribution is 0.152. The van der Waals surface area contributed by atoms with Crippen LogP contribution in [0.1, 0.15) is 19.8 Å². The maximum atomic E-state index is 11.8. The number of amides is 3. The van der Waals surface area contributed by atoms with E-state index < -0.39 is 6.09 Å². The Kier molecular flexibility index (Phi) is 7.06. The molecule has 1 aliphatic heterocycles. The number of urea groups is 1. The van der Waals surface area contributed by atoms with Gasteiger partial charge in [-0.15, -0.1) is 0 Å². The first-order valence-electron chi connectivity index (χ1n) is 8.16. The van der Waals surface area contributed by atoms with Crippen molar-refractivity contribution in [1.29, 1.82) is 0 Å². The molecular formula is C15H24N6O3. The Hall–Kier alpha value is -2.58. The van der Waals surface area contributed by atoms with Crippen LogP contribution in [0, 0.1) is 0 Å². The van der Waals surface area contributed by atoms with Crippen LogP contribution >= 0.6 is 0 Å². The number of piperidine rings is 1. The summed E-state index contributed by atoms with van der Waals surface area (Å²) in [6.45, 7) is 4.35. The third-order valence-corrected chi connectivity index (χ3v) is 3.62. The summed E-state index contributed by atoms with van der Waals surface area (Å²) in [5, 5.41) is 8.20. The summed E-state index contributed by atoms with van der Waals surface area (Å²) in [6, 6.07) is 1.69. The van der Waals surface area contributed by atoms with Crippen LogP contribution in [0.15, 0.2) is 18.5 Å². The Bertz CT molecular complexity index is 519. The fraction of sp³-hybridized carbons (Fsp3) is 0.600. The third kappa shape index (κ3) is 5.90. The first kappa shape index (κ1) is 17.8. The average molecular weight is 336 g/mol. The number of anilines is 1. The van der Waals surface area contributed by atoms with Crippen LogP contribution in [0.5, 0.6) is 0 Å². The number of rotatable bonds is 6. The molecule has 0 aromatic carbocycles. The van der Waals surface area contributed by atoms with Gasteiger partial charge in [0, 0.05) is 44.6 Å². The van der Waals surface area contributed by atoms with Gasteiger partial charge in [-0.1, -0.05) is 0 Å². The molecule has 0 bridgehead atoms. The van der Waals surface area contributed by atoms with E-state index in [-0.39, 0.29) is 12.1 Å². The van der Waals surface area contributed by atoms with Crippen LogP contribution < -0.4 is 20.9 Å². The number of alkyl carbamates (subject to hydrolysis) is 1. The number of ether oxygens (including phenoxy) is 1. The Morgan fingerprint density at radius 3 is 2.54 bits per heavy atom. The number of nitrogens with zero attached hydrogens (tertiary/aromatic N) is 3. The molecule has 1 aromatic heterocycles. The Morgan fingerprint density at radius 2 is 1.88 bits per heavy atom. The monoisotopic (exact) mass is 336 g/mol. The molecule has 2 rings (SSSR count). The number of nitrogens with one attached hydrogen (secondary N) is 3. The van der Waals surface area contributed by atoms with Crippen molar-refractivity contribution < 1.29 is 14.3 Å². The van der Waals surface area contributed by atoms with Gasteiger partial charge in [0.05, 0.1) is 6.61 Å². The number of hydrogen-bond acceptors (Lipinski definition) is 6. The summed E-state index contributed by atoms with van der Waals surface area (Å²) in [6.07, 6.45) is 4.66. The van der Waals surface area contributed by atoms with E-state index in [4.69, 9.17) is 4.74 Å². The minimum absolute atomic E-state index is 0.128. The summed E-state index contributed by atoms with van der Waals surface area (Å²) >= 11 is 0. The standard InChI is InChI=1S/C15H24N6O3/c1-2-24-15(23)19-9-8-18-14(22)20-12-4-10-21(11-5-12)13-16-6-3-7-17-13/h3,6-7,12H,2,4-5,8-11H2,1H3,(H,19,23)(H2,18,20,22).